The van der Waals surface area contributed by atoms with Crippen LogP contribution in [0.2, 0.25) is 5.02 Å². The fraction of sp³-hybridized carbons (Fsp3) is 0.167. The highest BCUT2D eigenvalue weighted by atomic mass is 35.5. The molecule has 3 N–H and O–H groups in total. The topological polar surface area (TPSA) is 111 Å². The summed E-state index contributed by atoms with van der Waals surface area (Å²) in [5.41, 5.74) is 9.02. The molecule has 0 fully saturated rings. The van der Waals surface area contributed by atoms with Crippen LogP contribution in [0.3, 0.4) is 0 Å². The number of nitrogens with two attached hydrogens (primary N) is 1. The fourth-order valence-electron chi connectivity index (χ4n) is 4.71. The Hall–Kier alpha value is -4.54. The fourth-order valence-corrected chi connectivity index (χ4v) is 5.88. The van der Waals surface area contributed by atoms with E-state index in [9.17, 15) is 9.90 Å². The maximum atomic E-state index is 12.8. The van der Waals surface area contributed by atoms with E-state index in [0.717, 1.165) is 15.2 Å². The van der Waals surface area contributed by atoms with Gasteiger partial charge in [0, 0.05) is 22.1 Å². The molecule has 11 heteroatoms. The Morgan fingerprint density at radius 1 is 1.05 bits per heavy atom. The highest BCUT2D eigenvalue weighted by Gasteiger charge is 2.28. The summed E-state index contributed by atoms with van der Waals surface area (Å²) in [6.07, 6.45) is 3.53. The van der Waals surface area contributed by atoms with E-state index in [1.54, 1.807) is 35.7 Å². The number of aromatic nitrogens is 4. The highest BCUT2D eigenvalue weighted by Crippen LogP contribution is 2.40. The summed E-state index contributed by atoms with van der Waals surface area (Å²) in [6, 6.07) is 19.9. The first-order valence-corrected chi connectivity index (χ1v) is 14.1. The van der Waals surface area contributed by atoms with Crippen molar-refractivity contribution >= 4 is 44.1 Å². The van der Waals surface area contributed by atoms with Gasteiger partial charge in [0.25, 0.3) is 0 Å². The number of aromatic hydroxyl groups is 1. The molecule has 6 aromatic rings. The number of urea groups is 1. The molecular formula is C30H27ClN6O3S. The number of carbonyl (C=O) groups excluding carboxylic acids is 1. The number of phenols is 1. The summed E-state index contributed by atoms with van der Waals surface area (Å²) in [4.78, 5) is 19.7. The molecule has 2 amide bonds. The summed E-state index contributed by atoms with van der Waals surface area (Å²) < 4.78 is 9.35. The summed E-state index contributed by atoms with van der Waals surface area (Å²) in [7, 11) is 0. The van der Waals surface area contributed by atoms with Crippen molar-refractivity contribution in [3.8, 4) is 28.5 Å². The monoisotopic (exact) mass is 586 g/mol. The Labute approximate surface area is 245 Å². The van der Waals surface area contributed by atoms with Crippen LogP contribution in [-0.2, 0) is 12.0 Å². The first kappa shape index (κ1) is 26.7. The second-order valence-corrected chi connectivity index (χ2v) is 12.0. The molecule has 0 atom stereocenters. The van der Waals surface area contributed by atoms with E-state index in [2.05, 4.69) is 11.1 Å². The van der Waals surface area contributed by atoms with E-state index < -0.39 is 11.4 Å². The van der Waals surface area contributed by atoms with Crippen LogP contribution >= 0.6 is 22.9 Å². The van der Waals surface area contributed by atoms with E-state index >= 15 is 0 Å². The molecule has 0 saturated heterocycles. The van der Waals surface area contributed by atoms with Gasteiger partial charge in [-0.1, -0.05) is 86.2 Å². The van der Waals surface area contributed by atoms with Gasteiger partial charge in [0.1, 0.15) is 11.5 Å². The number of imidazole rings is 1. The SMILES string of the molecule is CC(C)(C)c1nn(N(Cc2ccccc2Oc2cn3c(n2)sc2ccccc23)C(N)=O)cc1-c1cccc(Cl)c1O. The minimum atomic E-state index is -0.710. The number of carbonyl (C=O) groups is 1. The number of amides is 2. The first-order valence-electron chi connectivity index (χ1n) is 12.9. The van der Waals surface area contributed by atoms with Crippen molar-refractivity contribution in [2.45, 2.75) is 32.7 Å². The first-order chi connectivity index (χ1) is 19.6. The predicted octanol–water partition coefficient (Wildman–Crippen LogP) is 7.08. The van der Waals surface area contributed by atoms with Crippen molar-refractivity contribution < 1.29 is 14.6 Å². The van der Waals surface area contributed by atoms with E-state index in [1.807, 2.05) is 73.8 Å². The molecule has 0 radical (unpaired) electrons. The lowest BCUT2D eigenvalue weighted by Crippen LogP contribution is -2.44. The van der Waals surface area contributed by atoms with Crippen molar-refractivity contribution in [2.75, 3.05) is 5.01 Å². The van der Waals surface area contributed by atoms with Gasteiger partial charge in [0.2, 0.25) is 5.88 Å². The van der Waals surface area contributed by atoms with Gasteiger partial charge in [-0.15, -0.1) is 0 Å². The van der Waals surface area contributed by atoms with Gasteiger partial charge in [0.05, 0.1) is 39.9 Å². The molecule has 3 aromatic heterocycles. The van der Waals surface area contributed by atoms with Gasteiger partial charge < -0.3 is 15.6 Å². The molecule has 6 rings (SSSR count). The highest BCUT2D eigenvalue weighted by molar-refractivity contribution is 7.23. The Kier molecular flexibility index (Phi) is 6.59. The number of phenolic OH excluding ortho intramolecular Hbond substituents is 1. The minimum absolute atomic E-state index is 0.0589. The predicted molar refractivity (Wildman–Crippen MR) is 162 cm³/mol. The van der Waals surface area contributed by atoms with Crippen LogP contribution in [0.5, 0.6) is 17.4 Å². The molecule has 3 heterocycles. The molecule has 41 heavy (non-hydrogen) atoms. The van der Waals surface area contributed by atoms with Gasteiger partial charge in [-0.3, -0.25) is 4.40 Å². The number of benzene rings is 3. The zero-order valence-corrected chi connectivity index (χ0v) is 24.1. The number of primary amides is 1. The van der Waals surface area contributed by atoms with Crippen LogP contribution < -0.4 is 15.5 Å². The molecule has 9 nitrogen and oxygen atoms in total. The molecule has 0 aliphatic carbocycles. The molecule has 0 saturated carbocycles. The average Bonchev–Trinajstić information content (AvgIpc) is 3.62. The number of nitrogens with zero attached hydrogens (tertiary/aromatic N) is 5. The Morgan fingerprint density at radius 2 is 1.80 bits per heavy atom. The van der Waals surface area contributed by atoms with Crippen LogP contribution in [0, 0.1) is 0 Å². The van der Waals surface area contributed by atoms with Crippen molar-refractivity contribution in [3.05, 3.63) is 95.4 Å². The van der Waals surface area contributed by atoms with Crippen molar-refractivity contribution in [2.24, 2.45) is 5.73 Å². The molecule has 3 aromatic carbocycles. The number of hydrogen-bond acceptors (Lipinski definition) is 6. The molecule has 208 valence electrons. The third kappa shape index (κ3) is 4.96. The molecule has 0 spiro atoms. The minimum Gasteiger partial charge on any atom is -0.506 e. The number of thiazole rings is 1. The number of ether oxygens (including phenoxy) is 1. The summed E-state index contributed by atoms with van der Waals surface area (Å²) in [6.45, 7) is 6.08. The van der Waals surface area contributed by atoms with Crippen LogP contribution in [0.15, 0.2) is 79.1 Å². The van der Waals surface area contributed by atoms with Gasteiger partial charge >= 0.3 is 6.03 Å². The maximum absolute atomic E-state index is 12.8. The van der Waals surface area contributed by atoms with Crippen LogP contribution in [0.1, 0.15) is 32.0 Å². The molecule has 0 aliphatic heterocycles. The Bertz CT molecular complexity index is 1920. The smallest absolute Gasteiger partial charge is 0.335 e. The molecular weight excluding hydrogens is 560 g/mol. The molecule has 0 bridgehead atoms. The van der Waals surface area contributed by atoms with Crippen molar-refractivity contribution in [1.82, 2.24) is 19.3 Å². The standard InChI is InChI=1S/C30H27ClN6O3S/c1-30(2,3)27-20(19-10-8-11-21(31)26(19)38)16-37(34-27)36(28(32)39)15-18-9-4-6-13-23(18)40-25-17-35-22-12-5-7-14-24(22)41-29(35)33-25/h4-14,16-17,38H,15H2,1-3H3,(H2,32,39). The number of halogens is 1. The number of para-hydroxylation sites is 3. The Balaban J connectivity index is 1.35. The number of rotatable bonds is 6. The zero-order chi connectivity index (χ0) is 28.9. The second kappa shape index (κ2) is 10.1. The van der Waals surface area contributed by atoms with E-state index in [-0.39, 0.29) is 17.3 Å². The lowest BCUT2D eigenvalue weighted by Gasteiger charge is -2.22. The van der Waals surface area contributed by atoms with E-state index in [4.69, 9.17) is 27.2 Å². The van der Waals surface area contributed by atoms with Crippen LogP contribution in [0.25, 0.3) is 26.3 Å². The Morgan fingerprint density at radius 3 is 2.59 bits per heavy atom. The normalized spacial score (nSPS) is 11.8. The van der Waals surface area contributed by atoms with E-state index in [0.29, 0.717) is 34.0 Å². The van der Waals surface area contributed by atoms with Crippen molar-refractivity contribution in [1.29, 1.82) is 0 Å². The number of hydrogen-bond donors (Lipinski definition) is 2. The third-order valence-electron chi connectivity index (χ3n) is 6.68. The van der Waals surface area contributed by atoms with Gasteiger partial charge in [-0.2, -0.15) is 14.9 Å². The van der Waals surface area contributed by atoms with E-state index in [1.165, 1.54) is 9.80 Å². The molecule has 0 aliphatic rings. The van der Waals surface area contributed by atoms with Crippen molar-refractivity contribution in [3.63, 3.8) is 0 Å². The van der Waals surface area contributed by atoms with Crippen LogP contribution in [-0.4, -0.2) is 30.4 Å². The number of fused-ring (bicyclic) bond motifs is 3. The summed E-state index contributed by atoms with van der Waals surface area (Å²) in [5, 5.41) is 17.0. The third-order valence-corrected chi connectivity index (χ3v) is 8.02. The second-order valence-electron chi connectivity index (χ2n) is 10.6. The maximum Gasteiger partial charge on any atom is 0.335 e. The summed E-state index contributed by atoms with van der Waals surface area (Å²) >= 11 is 7.79. The lowest BCUT2D eigenvalue weighted by atomic mass is 9.87. The van der Waals surface area contributed by atoms with Gasteiger partial charge in [0.15, 0.2) is 4.96 Å². The average molecular weight is 587 g/mol. The van der Waals surface area contributed by atoms with Gasteiger partial charge in [-0.25, -0.2) is 9.80 Å². The molecule has 0 unspecified atom stereocenters. The quantitative estimate of drug-likeness (QED) is 0.217. The lowest BCUT2D eigenvalue weighted by molar-refractivity contribution is 0.246. The zero-order valence-electron chi connectivity index (χ0n) is 22.6. The van der Waals surface area contributed by atoms with Gasteiger partial charge in [-0.05, 0) is 24.3 Å². The van der Waals surface area contributed by atoms with Crippen LogP contribution in [0.4, 0.5) is 4.79 Å². The largest absolute Gasteiger partial charge is 0.506 e. The summed E-state index contributed by atoms with van der Waals surface area (Å²) in [5.74, 6) is 0.911.